The molecule has 1 aromatic carbocycles. The molecule has 6 nitrogen and oxygen atoms in total. The summed E-state index contributed by atoms with van der Waals surface area (Å²) < 4.78 is 13.1. The van der Waals surface area contributed by atoms with Crippen molar-refractivity contribution in [2.75, 3.05) is 32.7 Å². The predicted molar refractivity (Wildman–Crippen MR) is 105 cm³/mol. The summed E-state index contributed by atoms with van der Waals surface area (Å²) in [7, 11) is 0. The van der Waals surface area contributed by atoms with Crippen LogP contribution < -0.4 is 5.32 Å². The van der Waals surface area contributed by atoms with Gasteiger partial charge in [-0.05, 0) is 29.6 Å². The Labute approximate surface area is 170 Å². The van der Waals surface area contributed by atoms with Crippen molar-refractivity contribution in [2.45, 2.75) is 6.42 Å². The lowest BCUT2D eigenvalue weighted by molar-refractivity contribution is -0.132. The number of carbonyl (C=O) groups excluding carboxylic acids is 3. The molecule has 0 atom stereocenters. The van der Waals surface area contributed by atoms with Gasteiger partial charge >= 0.3 is 0 Å². The molecule has 148 valence electrons. The third kappa shape index (κ3) is 4.88. The van der Waals surface area contributed by atoms with Crippen molar-refractivity contribution < 1.29 is 18.8 Å². The molecule has 0 radical (unpaired) electrons. The van der Waals surface area contributed by atoms with E-state index in [-0.39, 0.29) is 41.3 Å². The van der Waals surface area contributed by atoms with Crippen molar-refractivity contribution in [3.63, 3.8) is 0 Å². The molecule has 3 rings (SSSR count). The van der Waals surface area contributed by atoms with E-state index < -0.39 is 5.82 Å². The van der Waals surface area contributed by atoms with Crippen LogP contribution in [0.2, 0.25) is 5.02 Å². The number of hydrogen-bond acceptors (Lipinski definition) is 4. The Balaban J connectivity index is 1.44. The highest BCUT2D eigenvalue weighted by molar-refractivity contribution is 7.12. The molecule has 1 aromatic heterocycles. The molecule has 0 aliphatic carbocycles. The first-order valence-corrected chi connectivity index (χ1v) is 10.1. The number of piperazine rings is 1. The molecule has 3 amide bonds. The summed E-state index contributed by atoms with van der Waals surface area (Å²) in [6, 6.07) is 7.20. The summed E-state index contributed by atoms with van der Waals surface area (Å²) in [4.78, 5) is 40.6. The summed E-state index contributed by atoms with van der Waals surface area (Å²) in [5, 5.41) is 4.62. The van der Waals surface area contributed by atoms with Gasteiger partial charge in [-0.3, -0.25) is 14.4 Å². The van der Waals surface area contributed by atoms with Gasteiger partial charge in [0.15, 0.2) is 0 Å². The van der Waals surface area contributed by atoms with Crippen molar-refractivity contribution in [1.29, 1.82) is 0 Å². The molecule has 1 fully saturated rings. The molecule has 1 N–H and O–H groups in total. The lowest BCUT2D eigenvalue weighted by atomic mass is 10.1. The second kappa shape index (κ2) is 9.16. The quantitative estimate of drug-likeness (QED) is 0.803. The van der Waals surface area contributed by atoms with Gasteiger partial charge in [-0.2, -0.15) is 0 Å². The summed E-state index contributed by atoms with van der Waals surface area (Å²) in [6.07, 6.45) is 0.203. The number of rotatable bonds is 5. The van der Waals surface area contributed by atoms with Crippen molar-refractivity contribution in [2.24, 2.45) is 0 Å². The number of thiophene rings is 1. The van der Waals surface area contributed by atoms with Gasteiger partial charge in [0.05, 0.1) is 15.5 Å². The van der Waals surface area contributed by atoms with Crippen LogP contribution >= 0.6 is 22.9 Å². The number of nitrogens with zero attached hydrogens (tertiary/aromatic N) is 2. The Morgan fingerprint density at radius 1 is 1.11 bits per heavy atom. The lowest BCUT2D eigenvalue weighted by Gasteiger charge is -2.35. The van der Waals surface area contributed by atoms with Gasteiger partial charge in [-0.15, -0.1) is 11.3 Å². The van der Waals surface area contributed by atoms with Crippen LogP contribution in [0.3, 0.4) is 0 Å². The second-order valence-corrected chi connectivity index (χ2v) is 7.64. The molecular formula is C19H19ClFN3O3S. The molecule has 2 aromatic rings. The topological polar surface area (TPSA) is 69.7 Å². The standard InChI is InChI=1S/C19H19ClFN3O3S/c20-15-12-13(21)3-4-14(15)19(27)24-9-7-23(8-10-24)17(25)5-6-22-18(26)16-2-1-11-28-16/h1-4,11-12H,5-10H2,(H,22,26). The van der Waals surface area contributed by atoms with E-state index in [9.17, 15) is 18.8 Å². The van der Waals surface area contributed by atoms with E-state index in [1.165, 1.54) is 23.5 Å². The monoisotopic (exact) mass is 423 g/mol. The Bertz CT molecular complexity index is 867. The third-order valence-electron chi connectivity index (χ3n) is 4.45. The highest BCUT2D eigenvalue weighted by Crippen LogP contribution is 2.20. The van der Waals surface area contributed by atoms with Crippen LogP contribution in [-0.2, 0) is 4.79 Å². The second-order valence-electron chi connectivity index (χ2n) is 6.28. The molecule has 0 bridgehead atoms. The number of halogens is 2. The fourth-order valence-corrected chi connectivity index (χ4v) is 3.82. The fraction of sp³-hybridized carbons (Fsp3) is 0.316. The molecule has 0 unspecified atom stereocenters. The molecular weight excluding hydrogens is 405 g/mol. The van der Waals surface area contributed by atoms with Crippen LogP contribution in [0.4, 0.5) is 4.39 Å². The highest BCUT2D eigenvalue weighted by Gasteiger charge is 2.26. The molecule has 1 aliphatic rings. The molecule has 28 heavy (non-hydrogen) atoms. The van der Waals surface area contributed by atoms with Crippen molar-refractivity contribution in [3.8, 4) is 0 Å². The van der Waals surface area contributed by atoms with Crippen LogP contribution in [0.25, 0.3) is 0 Å². The van der Waals surface area contributed by atoms with E-state index in [1.54, 1.807) is 21.9 Å². The van der Waals surface area contributed by atoms with E-state index in [0.717, 1.165) is 6.07 Å². The summed E-state index contributed by atoms with van der Waals surface area (Å²) in [5.74, 6) is -1.03. The summed E-state index contributed by atoms with van der Waals surface area (Å²) in [6.45, 7) is 1.82. The predicted octanol–water partition coefficient (Wildman–Crippen LogP) is 2.65. The van der Waals surface area contributed by atoms with Crippen molar-refractivity contribution in [3.05, 3.63) is 57.0 Å². The van der Waals surface area contributed by atoms with Gasteiger partial charge < -0.3 is 15.1 Å². The van der Waals surface area contributed by atoms with E-state index in [2.05, 4.69) is 5.32 Å². The van der Waals surface area contributed by atoms with Gasteiger partial charge in [0.2, 0.25) is 5.91 Å². The molecule has 1 saturated heterocycles. The number of amides is 3. The SMILES string of the molecule is O=C(NCCC(=O)N1CCN(C(=O)c2ccc(F)cc2Cl)CC1)c1cccs1. The van der Waals surface area contributed by atoms with Gasteiger partial charge in [-0.25, -0.2) is 4.39 Å². The van der Waals surface area contributed by atoms with Gasteiger partial charge in [0.1, 0.15) is 5.82 Å². The van der Waals surface area contributed by atoms with E-state index in [1.807, 2.05) is 5.38 Å². The zero-order valence-corrected chi connectivity index (χ0v) is 16.6. The van der Waals surface area contributed by atoms with Crippen LogP contribution in [0, 0.1) is 5.82 Å². The zero-order valence-electron chi connectivity index (χ0n) is 15.0. The largest absolute Gasteiger partial charge is 0.351 e. The lowest BCUT2D eigenvalue weighted by Crippen LogP contribution is -2.51. The molecule has 9 heteroatoms. The third-order valence-corrected chi connectivity index (χ3v) is 5.63. The van der Waals surface area contributed by atoms with Gasteiger partial charge in [0, 0.05) is 39.1 Å². The Morgan fingerprint density at radius 3 is 2.46 bits per heavy atom. The maximum Gasteiger partial charge on any atom is 0.261 e. The Hall–Kier alpha value is -2.45. The number of hydrogen-bond donors (Lipinski definition) is 1. The normalized spacial score (nSPS) is 14.1. The summed E-state index contributed by atoms with van der Waals surface area (Å²) >= 11 is 7.30. The minimum atomic E-state index is -0.497. The molecule has 0 spiro atoms. The average molecular weight is 424 g/mol. The minimum Gasteiger partial charge on any atom is -0.351 e. The molecule has 1 aliphatic heterocycles. The van der Waals surface area contributed by atoms with Crippen LogP contribution in [0.5, 0.6) is 0 Å². The van der Waals surface area contributed by atoms with Crippen LogP contribution in [0.1, 0.15) is 26.5 Å². The first-order chi connectivity index (χ1) is 13.5. The van der Waals surface area contributed by atoms with E-state index in [4.69, 9.17) is 11.6 Å². The first-order valence-electron chi connectivity index (χ1n) is 8.79. The fourth-order valence-electron chi connectivity index (χ4n) is 2.93. The average Bonchev–Trinajstić information content (AvgIpc) is 3.22. The van der Waals surface area contributed by atoms with Crippen LogP contribution in [-0.4, -0.2) is 60.2 Å². The van der Waals surface area contributed by atoms with Gasteiger partial charge in [-0.1, -0.05) is 17.7 Å². The minimum absolute atomic E-state index is 0.0709. The maximum absolute atomic E-state index is 13.1. The highest BCUT2D eigenvalue weighted by atomic mass is 35.5. The number of nitrogens with one attached hydrogen (secondary N) is 1. The number of benzene rings is 1. The maximum atomic E-state index is 13.1. The van der Waals surface area contributed by atoms with Crippen molar-refractivity contribution >= 4 is 40.7 Å². The van der Waals surface area contributed by atoms with E-state index >= 15 is 0 Å². The first kappa shape index (κ1) is 20.3. The molecule has 0 saturated carbocycles. The molecule has 2 heterocycles. The smallest absolute Gasteiger partial charge is 0.261 e. The van der Waals surface area contributed by atoms with E-state index in [0.29, 0.717) is 31.1 Å². The van der Waals surface area contributed by atoms with Gasteiger partial charge in [0.25, 0.3) is 11.8 Å². The van der Waals surface area contributed by atoms with Crippen molar-refractivity contribution in [1.82, 2.24) is 15.1 Å². The summed E-state index contributed by atoms with van der Waals surface area (Å²) in [5.41, 5.74) is 0.249. The zero-order chi connectivity index (χ0) is 20.1. The Morgan fingerprint density at radius 2 is 1.82 bits per heavy atom. The van der Waals surface area contributed by atoms with Crippen LogP contribution in [0.15, 0.2) is 35.7 Å². The Kier molecular flexibility index (Phi) is 6.64. The number of carbonyl (C=O) groups is 3.